The maximum atomic E-state index is 10.2. The van der Waals surface area contributed by atoms with Crippen LogP contribution in [0.1, 0.15) is 72.1 Å². The SMILES string of the molecule is CC1([C@H]2CC[C@H]3[C@@H]4CC=C5C[C@@H](O)CC[C@]5(C)[C@H]4CC[C@]23C)SCCS1. The molecular weight excluding hydrogens is 356 g/mol. The van der Waals surface area contributed by atoms with Crippen molar-refractivity contribution in [3.8, 4) is 0 Å². The third-order valence-electron chi connectivity index (χ3n) is 9.57. The Morgan fingerprint density at radius 3 is 2.50 bits per heavy atom. The second kappa shape index (κ2) is 6.20. The van der Waals surface area contributed by atoms with Crippen molar-refractivity contribution in [2.24, 2.45) is 34.5 Å². The van der Waals surface area contributed by atoms with Gasteiger partial charge in [0.25, 0.3) is 0 Å². The van der Waals surface area contributed by atoms with Crippen molar-refractivity contribution in [3.05, 3.63) is 11.6 Å². The fourth-order valence-electron chi connectivity index (χ4n) is 8.23. The van der Waals surface area contributed by atoms with Crippen LogP contribution in [0.25, 0.3) is 0 Å². The molecule has 1 N–H and O–H groups in total. The molecule has 5 rings (SSSR count). The van der Waals surface area contributed by atoms with E-state index >= 15 is 0 Å². The standard InChI is InChI=1S/C23H36OS2/c1-21-10-8-16(24)14-15(21)4-5-17-18-6-7-20(23(3)25-12-13-26-23)22(18,2)11-9-19(17)21/h4,16-20,24H,5-14H2,1-3H3/t16-,17-,18-,19-,20-,21-,22-/m0/s1. The highest BCUT2D eigenvalue weighted by atomic mass is 32.2. The minimum atomic E-state index is -0.0769. The third kappa shape index (κ3) is 2.48. The average Bonchev–Trinajstić information content (AvgIpc) is 3.19. The molecule has 7 atom stereocenters. The van der Waals surface area contributed by atoms with Gasteiger partial charge in [-0.1, -0.05) is 25.5 Å². The van der Waals surface area contributed by atoms with Crippen molar-refractivity contribution in [2.45, 2.75) is 82.3 Å². The molecule has 1 heterocycles. The van der Waals surface area contributed by atoms with E-state index in [0.29, 0.717) is 14.9 Å². The summed E-state index contributed by atoms with van der Waals surface area (Å²) in [5.41, 5.74) is 2.57. The van der Waals surface area contributed by atoms with Crippen molar-refractivity contribution in [3.63, 3.8) is 0 Å². The molecule has 4 fully saturated rings. The molecule has 1 saturated heterocycles. The van der Waals surface area contributed by atoms with E-state index in [1.807, 2.05) is 0 Å². The van der Waals surface area contributed by atoms with Crippen LogP contribution >= 0.6 is 23.5 Å². The van der Waals surface area contributed by atoms with Crippen LogP contribution in [0.2, 0.25) is 0 Å². The van der Waals surface area contributed by atoms with E-state index in [4.69, 9.17) is 0 Å². The van der Waals surface area contributed by atoms with Gasteiger partial charge in [0.05, 0.1) is 10.2 Å². The highest BCUT2D eigenvalue weighted by Crippen LogP contribution is 2.70. The zero-order valence-electron chi connectivity index (χ0n) is 16.8. The first-order valence-electron chi connectivity index (χ1n) is 11.0. The fourth-order valence-corrected chi connectivity index (χ4v) is 11.7. The Morgan fingerprint density at radius 1 is 0.962 bits per heavy atom. The van der Waals surface area contributed by atoms with Crippen LogP contribution in [-0.2, 0) is 0 Å². The molecular formula is C23H36OS2. The third-order valence-corrected chi connectivity index (χ3v) is 13.1. The number of aliphatic hydroxyl groups excluding tert-OH is 1. The summed E-state index contributed by atoms with van der Waals surface area (Å²) in [5, 5.41) is 10.2. The Hall–Kier alpha value is 0.400. The van der Waals surface area contributed by atoms with Gasteiger partial charge in [0.2, 0.25) is 0 Å². The van der Waals surface area contributed by atoms with Crippen LogP contribution in [0.15, 0.2) is 11.6 Å². The Balaban J connectivity index is 1.45. The molecule has 146 valence electrons. The van der Waals surface area contributed by atoms with Crippen molar-refractivity contribution in [1.82, 2.24) is 0 Å². The van der Waals surface area contributed by atoms with Gasteiger partial charge in [0, 0.05) is 11.5 Å². The molecule has 0 amide bonds. The number of allylic oxidation sites excluding steroid dienone is 1. The molecule has 0 aromatic carbocycles. The van der Waals surface area contributed by atoms with E-state index in [2.05, 4.69) is 50.4 Å². The van der Waals surface area contributed by atoms with Gasteiger partial charge < -0.3 is 5.11 Å². The monoisotopic (exact) mass is 392 g/mol. The number of aliphatic hydroxyl groups is 1. The van der Waals surface area contributed by atoms with E-state index in [9.17, 15) is 5.11 Å². The molecule has 1 aliphatic heterocycles. The zero-order valence-corrected chi connectivity index (χ0v) is 18.4. The average molecular weight is 393 g/mol. The van der Waals surface area contributed by atoms with Crippen molar-refractivity contribution >= 4 is 23.5 Å². The quantitative estimate of drug-likeness (QED) is 0.543. The first-order chi connectivity index (χ1) is 12.4. The summed E-state index contributed by atoms with van der Waals surface area (Å²) in [6, 6.07) is 0. The van der Waals surface area contributed by atoms with E-state index in [0.717, 1.165) is 36.5 Å². The lowest BCUT2D eigenvalue weighted by atomic mass is 9.47. The number of hydrogen-bond acceptors (Lipinski definition) is 3. The smallest absolute Gasteiger partial charge is 0.0616 e. The molecule has 0 radical (unpaired) electrons. The first-order valence-corrected chi connectivity index (χ1v) is 13.0. The van der Waals surface area contributed by atoms with Crippen molar-refractivity contribution in [1.29, 1.82) is 0 Å². The first kappa shape index (κ1) is 18.4. The molecule has 0 unspecified atom stereocenters. The lowest BCUT2D eigenvalue weighted by Crippen LogP contribution is -2.51. The lowest BCUT2D eigenvalue weighted by molar-refractivity contribution is -0.0504. The molecule has 0 spiro atoms. The molecule has 0 aromatic rings. The minimum absolute atomic E-state index is 0.0769. The summed E-state index contributed by atoms with van der Waals surface area (Å²) in [6.07, 6.45) is 12.8. The highest BCUT2D eigenvalue weighted by Gasteiger charge is 2.62. The molecule has 3 heteroatoms. The minimum Gasteiger partial charge on any atom is -0.393 e. The van der Waals surface area contributed by atoms with E-state index in [-0.39, 0.29) is 6.10 Å². The summed E-state index contributed by atoms with van der Waals surface area (Å²) in [4.78, 5) is 0. The van der Waals surface area contributed by atoms with Gasteiger partial charge in [-0.05, 0) is 92.8 Å². The van der Waals surface area contributed by atoms with Gasteiger partial charge >= 0.3 is 0 Å². The maximum Gasteiger partial charge on any atom is 0.0616 e. The van der Waals surface area contributed by atoms with Crippen LogP contribution in [0.3, 0.4) is 0 Å². The Labute approximate surface area is 168 Å². The largest absolute Gasteiger partial charge is 0.393 e. The van der Waals surface area contributed by atoms with Gasteiger partial charge in [0.15, 0.2) is 0 Å². The van der Waals surface area contributed by atoms with Crippen LogP contribution in [0.5, 0.6) is 0 Å². The van der Waals surface area contributed by atoms with Crippen LogP contribution in [0, 0.1) is 34.5 Å². The van der Waals surface area contributed by atoms with Crippen molar-refractivity contribution in [2.75, 3.05) is 11.5 Å². The Bertz CT molecular complexity index is 609. The van der Waals surface area contributed by atoms with Crippen LogP contribution in [-0.4, -0.2) is 26.8 Å². The zero-order chi connectivity index (χ0) is 18.2. The number of thioether (sulfide) groups is 2. The summed E-state index contributed by atoms with van der Waals surface area (Å²) >= 11 is 4.53. The summed E-state index contributed by atoms with van der Waals surface area (Å²) in [6.45, 7) is 7.81. The van der Waals surface area contributed by atoms with Gasteiger partial charge in [-0.3, -0.25) is 0 Å². The van der Waals surface area contributed by atoms with Gasteiger partial charge in [-0.25, -0.2) is 0 Å². The second-order valence-corrected chi connectivity index (χ2v) is 13.9. The van der Waals surface area contributed by atoms with Gasteiger partial charge in [-0.15, -0.1) is 23.5 Å². The van der Waals surface area contributed by atoms with E-state index < -0.39 is 0 Å². The van der Waals surface area contributed by atoms with Gasteiger partial charge in [0.1, 0.15) is 0 Å². The van der Waals surface area contributed by atoms with Gasteiger partial charge in [-0.2, -0.15) is 0 Å². The lowest BCUT2D eigenvalue weighted by Gasteiger charge is -2.59. The van der Waals surface area contributed by atoms with Crippen molar-refractivity contribution < 1.29 is 5.11 Å². The van der Waals surface area contributed by atoms with Crippen LogP contribution in [0.4, 0.5) is 0 Å². The fraction of sp³-hybridized carbons (Fsp3) is 0.913. The molecule has 4 aliphatic carbocycles. The molecule has 3 saturated carbocycles. The Kier molecular flexibility index (Phi) is 4.39. The predicted octanol–water partition coefficient (Wildman–Crippen LogP) is 6.12. The summed E-state index contributed by atoms with van der Waals surface area (Å²) < 4.78 is 0.477. The molecule has 0 aromatic heterocycles. The summed E-state index contributed by atoms with van der Waals surface area (Å²) in [5.74, 6) is 6.34. The predicted molar refractivity (Wildman–Crippen MR) is 115 cm³/mol. The topological polar surface area (TPSA) is 20.2 Å². The number of fused-ring (bicyclic) bond motifs is 5. The van der Waals surface area contributed by atoms with E-state index in [1.54, 1.807) is 5.57 Å². The van der Waals surface area contributed by atoms with E-state index in [1.165, 1.54) is 50.0 Å². The summed E-state index contributed by atoms with van der Waals surface area (Å²) in [7, 11) is 0. The molecule has 0 bridgehead atoms. The normalized spacial score (nSPS) is 52.8. The molecule has 26 heavy (non-hydrogen) atoms. The number of rotatable bonds is 1. The molecule has 1 nitrogen and oxygen atoms in total. The van der Waals surface area contributed by atoms with Crippen LogP contribution < -0.4 is 0 Å². The Morgan fingerprint density at radius 2 is 1.73 bits per heavy atom. The number of hydrogen-bond donors (Lipinski definition) is 1. The maximum absolute atomic E-state index is 10.2. The molecule has 5 aliphatic rings. The highest BCUT2D eigenvalue weighted by molar-refractivity contribution is 8.21. The second-order valence-electron chi connectivity index (χ2n) is 10.5.